The molecule has 2 rings (SSSR count). The zero-order valence-corrected chi connectivity index (χ0v) is 10.4. The number of nitrogens with one attached hydrogen (secondary N) is 1. The number of anilines is 2. The Kier molecular flexibility index (Phi) is 3.47. The van der Waals surface area contributed by atoms with E-state index in [-0.39, 0.29) is 24.0 Å². The lowest BCUT2D eigenvalue weighted by Gasteiger charge is -2.32. The Morgan fingerprint density at radius 1 is 1.47 bits per heavy atom. The number of pyridine rings is 1. The highest BCUT2D eigenvalue weighted by molar-refractivity contribution is 5.83. The summed E-state index contributed by atoms with van der Waals surface area (Å²) < 4.78 is 0. The first-order valence-electron chi connectivity index (χ1n) is 5.64. The van der Waals surface area contributed by atoms with E-state index in [2.05, 4.69) is 10.4 Å². The van der Waals surface area contributed by atoms with Crippen LogP contribution in [0.15, 0.2) is 12.1 Å². The van der Waals surface area contributed by atoms with E-state index in [0.717, 1.165) is 0 Å². The van der Waals surface area contributed by atoms with Gasteiger partial charge in [-0.1, -0.05) is 0 Å². The van der Waals surface area contributed by atoms with Crippen molar-refractivity contribution in [2.45, 2.75) is 0 Å². The third-order valence-corrected chi connectivity index (χ3v) is 2.96. The second-order valence-corrected chi connectivity index (χ2v) is 4.18. The lowest BCUT2D eigenvalue weighted by Crippen LogP contribution is -2.49. The number of nitrogens with zero attached hydrogens (tertiary/aromatic N) is 4. The minimum atomic E-state index is -0.522. The highest BCUT2D eigenvalue weighted by atomic mass is 16.6. The van der Waals surface area contributed by atoms with E-state index in [4.69, 9.17) is 5.84 Å². The standard InChI is InChI=1S/C10H14N6O3/c1-14-4-5-15(6-9(14)17)10-7(16(18)19)2-3-8(12-10)13-11/h2-3H,4-6,11H2,1H3,(H,12,13). The van der Waals surface area contributed by atoms with Crippen molar-refractivity contribution in [2.75, 3.05) is 37.0 Å². The van der Waals surface area contributed by atoms with E-state index in [1.54, 1.807) is 16.8 Å². The number of nitro groups is 1. The number of aromatic nitrogens is 1. The predicted molar refractivity (Wildman–Crippen MR) is 68.6 cm³/mol. The van der Waals surface area contributed by atoms with Crippen LogP contribution in [0, 0.1) is 10.1 Å². The molecule has 1 aliphatic rings. The van der Waals surface area contributed by atoms with Gasteiger partial charge in [-0.3, -0.25) is 14.9 Å². The number of rotatable bonds is 3. The average molecular weight is 266 g/mol. The van der Waals surface area contributed by atoms with Crippen molar-refractivity contribution < 1.29 is 9.72 Å². The van der Waals surface area contributed by atoms with Gasteiger partial charge in [-0.25, -0.2) is 10.8 Å². The van der Waals surface area contributed by atoms with Crippen LogP contribution in [-0.4, -0.2) is 47.4 Å². The second kappa shape index (κ2) is 5.06. The molecule has 0 atom stereocenters. The van der Waals surface area contributed by atoms with Crippen LogP contribution in [0.2, 0.25) is 0 Å². The van der Waals surface area contributed by atoms with Crippen LogP contribution in [0.4, 0.5) is 17.3 Å². The fraction of sp³-hybridized carbons (Fsp3) is 0.400. The molecule has 0 spiro atoms. The van der Waals surface area contributed by atoms with Gasteiger partial charge in [0.05, 0.1) is 11.5 Å². The smallest absolute Gasteiger partial charge is 0.311 e. The Hall–Kier alpha value is -2.42. The molecular weight excluding hydrogens is 252 g/mol. The molecule has 0 aliphatic carbocycles. The van der Waals surface area contributed by atoms with Crippen molar-refractivity contribution in [1.82, 2.24) is 9.88 Å². The Balaban J connectivity index is 2.36. The minimum Gasteiger partial charge on any atom is -0.342 e. The van der Waals surface area contributed by atoms with Crippen molar-refractivity contribution in [1.29, 1.82) is 0 Å². The zero-order chi connectivity index (χ0) is 14.0. The van der Waals surface area contributed by atoms with Crippen LogP contribution in [0.25, 0.3) is 0 Å². The molecule has 1 amide bonds. The van der Waals surface area contributed by atoms with Crippen LogP contribution in [-0.2, 0) is 4.79 Å². The number of nitrogens with two attached hydrogens (primary N) is 1. The van der Waals surface area contributed by atoms with E-state index in [9.17, 15) is 14.9 Å². The average Bonchev–Trinajstić information content (AvgIpc) is 2.41. The summed E-state index contributed by atoms with van der Waals surface area (Å²) in [6.45, 7) is 1.06. The van der Waals surface area contributed by atoms with Crippen molar-refractivity contribution in [3.63, 3.8) is 0 Å². The number of hydrogen-bond acceptors (Lipinski definition) is 7. The molecule has 9 nitrogen and oxygen atoms in total. The summed E-state index contributed by atoms with van der Waals surface area (Å²) in [6, 6.07) is 2.74. The van der Waals surface area contributed by atoms with E-state index < -0.39 is 4.92 Å². The van der Waals surface area contributed by atoms with E-state index in [1.807, 2.05) is 0 Å². The van der Waals surface area contributed by atoms with Gasteiger partial charge in [-0.2, -0.15) is 0 Å². The number of piperazine rings is 1. The van der Waals surface area contributed by atoms with Gasteiger partial charge in [-0.05, 0) is 6.07 Å². The highest BCUT2D eigenvalue weighted by Gasteiger charge is 2.28. The normalized spacial score (nSPS) is 15.6. The van der Waals surface area contributed by atoms with Gasteiger partial charge in [0.25, 0.3) is 0 Å². The number of nitrogen functional groups attached to an aromatic ring is 1. The minimum absolute atomic E-state index is 0.0678. The first kappa shape index (κ1) is 13.0. The van der Waals surface area contributed by atoms with Crippen molar-refractivity contribution in [2.24, 2.45) is 5.84 Å². The summed E-state index contributed by atoms with van der Waals surface area (Å²) in [4.78, 5) is 29.4. The molecule has 0 saturated carbocycles. The highest BCUT2D eigenvalue weighted by Crippen LogP contribution is 2.28. The molecule has 3 N–H and O–H groups in total. The van der Waals surface area contributed by atoms with Gasteiger partial charge in [0.15, 0.2) is 0 Å². The van der Waals surface area contributed by atoms with Gasteiger partial charge in [-0.15, -0.1) is 0 Å². The number of carbonyl (C=O) groups excluding carboxylic acids is 1. The maximum Gasteiger partial charge on any atom is 0.311 e. The number of amides is 1. The number of likely N-dealkylation sites (N-methyl/N-ethyl adjacent to an activating group) is 1. The molecular formula is C10H14N6O3. The van der Waals surface area contributed by atoms with E-state index >= 15 is 0 Å². The number of hydrogen-bond donors (Lipinski definition) is 2. The molecule has 0 radical (unpaired) electrons. The lowest BCUT2D eigenvalue weighted by atomic mass is 10.3. The fourth-order valence-corrected chi connectivity index (χ4v) is 1.84. The zero-order valence-electron chi connectivity index (χ0n) is 10.4. The molecule has 9 heteroatoms. The molecule has 1 aromatic rings. The predicted octanol–water partition coefficient (Wildman–Crippen LogP) is -0.446. The van der Waals surface area contributed by atoms with Gasteiger partial charge in [0.2, 0.25) is 11.7 Å². The second-order valence-electron chi connectivity index (χ2n) is 4.18. The fourth-order valence-electron chi connectivity index (χ4n) is 1.84. The van der Waals surface area contributed by atoms with Crippen LogP contribution in [0.3, 0.4) is 0 Å². The third-order valence-electron chi connectivity index (χ3n) is 2.96. The Labute approximate surface area is 109 Å². The third kappa shape index (κ3) is 2.55. The molecule has 19 heavy (non-hydrogen) atoms. The summed E-state index contributed by atoms with van der Waals surface area (Å²) in [6.07, 6.45) is 0. The monoisotopic (exact) mass is 266 g/mol. The van der Waals surface area contributed by atoms with Gasteiger partial charge >= 0.3 is 5.69 Å². The number of carbonyl (C=O) groups is 1. The largest absolute Gasteiger partial charge is 0.342 e. The molecule has 0 bridgehead atoms. The summed E-state index contributed by atoms with van der Waals surface area (Å²) in [5, 5.41) is 11.0. The van der Waals surface area contributed by atoms with E-state index in [1.165, 1.54) is 12.1 Å². The maximum absolute atomic E-state index is 11.7. The molecule has 102 valence electrons. The summed E-state index contributed by atoms with van der Waals surface area (Å²) in [7, 11) is 1.69. The van der Waals surface area contributed by atoms with Crippen LogP contribution in [0.1, 0.15) is 0 Å². The van der Waals surface area contributed by atoms with Crippen LogP contribution < -0.4 is 16.2 Å². The summed E-state index contributed by atoms with van der Waals surface area (Å²) in [5.41, 5.74) is 2.19. The molecule has 1 saturated heterocycles. The Morgan fingerprint density at radius 3 is 2.79 bits per heavy atom. The van der Waals surface area contributed by atoms with Crippen molar-refractivity contribution in [3.05, 3.63) is 22.2 Å². The number of hydrazine groups is 1. The van der Waals surface area contributed by atoms with Crippen LogP contribution in [0.5, 0.6) is 0 Å². The van der Waals surface area contributed by atoms with E-state index in [0.29, 0.717) is 18.9 Å². The Morgan fingerprint density at radius 2 is 2.21 bits per heavy atom. The maximum atomic E-state index is 11.7. The first-order valence-corrected chi connectivity index (χ1v) is 5.64. The van der Waals surface area contributed by atoms with Crippen molar-refractivity contribution >= 4 is 23.2 Å². The molecule has 0 aromatic carbocycles. The quantitative estimate of drug-likeness (QED) is 0.432. The van der Waals surface area contributed by atoms with Gasteiger partial charge < -0.3 is 15.2 Å². The topological polar surface area (TPSA) is 118 Å². The summed E-state index contributed by atoms with van der Waals surface area (Å²) >= 11 is 0. The SMILES string of the molecule is CN1CCN(c2nc(NN)ccc2[N+](=O)[O-])CC1=O. The Bertz CT molecular complexity index is 520. The molecule has 1 fully saturated rings. The lowest BCUT2D eigenvalue weighted by molar-refractivity contribution is -0.384. The summed E-state index contributed by atoms with van der Waals surface area (Å²) in [5.74, 6) is 5.61. The molecule has 1 aliphatic heterocycles. The molecule has 1 aromatic heterocycles. The molecule has 0 unspecified atom stereocenters. The van der Waals surface area contributed by atoms with Gasteiger partial charge in [0.1, 0.15) is 5.82 Å². The van der Waals surface area contributed by atoms with Gasteiger partial charge in [0, 0.05) is 26.2 Å². The molecule has 2 heterocycles. The van der Waals surface area contributed by atoms with Crippen LogP contribution >= 0.6 is 0 Å². The van der Waals surface area contributed by atoms with Crippen molar-refractivity contribution in [3.8, 4) is 0 Å². The first-order chi connectivity index (χ1) is 9.02.